The average molecular weight is 314 g/mol. The van der Waals surface area contributed by atoms with Crippen molar-refractivity contribution in [2.24, 2.45) is 28.6 Å². The maximum Gasteiger partial charge on any atom is 0.155 e. The van der Waals surface area contributed by atoms with Crippen LogP contribution in [0.5, 0.6) is 0 Å². The first-order valence-electron chi connectivity index (χ1n) is 9.86. The number of ketones is 1. The fourth-order valence-electron chi connectivity index (χ4n) is 7.65. The van der Waals surface area contributed by atoms with E-state index in [1.807, 2.05) is 6.08 Å². The molecule has 0 unspecified atom stereocenters. The molecule has 0 aromatic carbocycles. The van der Waals surface area contributed by atoms with Gasteiger partial charge < -0.3 is 4.74 Å². The average Bonchev–Trinajstić information content (AvgIpc) is 2.81. The molecule has 4 fully saturated rings. The molecule has 3 saturated carbocycles. The van der Waals surface area contributed by atoms with Crippen molar-refractivity contribution in [1.82, 2.24) is 0 Å². The number of fused-ring (bicyclic) bond motifs is 6. The molecule has 2 heteroatoms. The summed E-state index contributed by atoms with van der Waals surface area (Å²) in [6.45, 7) is 6.02. The summed E-state index contributed by atoms with van der Waals surface area (Å²) in [5.41, 5.74) is 2.47. The van der Waals surface area contributed by atoms with Crippen molar-refractivity contribution in [2.75, 3.05) is 6.61 Å². The van der Waals surface area contributed by atoms with Gasteiger partial charge in [0, 0.05) is 12.8 Å². The SMILES string of the molecule is C[C@]12CCC(=O)C=C1CC[C@@H]1[C@H]2CC[C@@]2(C)[C@@H]1CC[C@@]21CCO1. The molecule has 6 atom stereocenters. The van der Waals surface area contributed by atoms with Gasteiger partial charge in [0.15, 0.2) is 5.78 Å². The van der Waals surface area contributed by atoms with Crippen LogP contribution in [0, 0.1) is 28.6 Å². The van der Waals surface area contributed by atoms with Crippen LogP contribution in [0.1, 0.15) is 71.6 Å². The van der Waals surface area contributed by atoms with Crippen molar-refractivity contribution in [3.63, 3.8) is 0 Å². The third-order valence-electron chi connectivity index (χ3n) is 9.14. The lowest BCUT2D eigenvalue weighted by atomic mass is 9.46. The van der Waals surface area contributed by atoms with E-state index in [1.165, 1.54) is 50.5 Å². The maximum absolute atomic E-state index is 11.9. The number of ether oxygens (including phenoxy) is 1. The molecular formula is C21H30O2. The van der Waals surface area contributed by atoms with Crippen LogP contribution in [0.4, 0.5) is 0 Å². The maximum atomic E-state index is 11.9. The highest BCUT2D eigenvalue weighted by molar-refractivity contribution is 5.91. The second-order valence-electron chi connectivity index (χ2n) is 9.56. The van der Waals surface area contributed by atoms with Crippen LogP contribution in [-0.2, 0) is 9.53 Å². The molecule has 0 aromatic rings. The molecule has 5 rings (SSSR count). The van der Waals surface area contributed by atoms with Gasteiger partial charge in [-0.25, -0.2) is 0 Å². The number of allylic oxidation sites excluding steroid dienone is 1. The minimum absolute atomic E-state index is 0.238. The molecule has 1 spiro atoms. The summed E-state index contributed by atoms with van der Waals surface area (Å²) < 4.78 is 6.22. The van der Waals surface area contributed by atoms with E-state index in [-0.39, 0.29) is 5.60 Å². The van der Waals surface area contributed by atoms with Crippen LogP contribution in [0.2, 0.25) is 0 Å². The largest absolute Gasteiger partial charge is 0.374 e. The Balaban J connectivity index is 1.50. The molecule has 4 aliphatic carbocycles. The summed E-state index contributed by atoms with van der Waals surface area (Å²) in [5.74, 6) is 2.91. The first-order chi connectivity index (χ1) is 11.0. The predicted molar refractivity (Wildman–Crippen MR) is 90.0 cm³/mol. The van der Waals surface area contributed by atoms with Crippen molar-refractivity contribution in [2.45, 2.75) is 77.2 Å². The summed E-state index contributed by atoms with van der Waals surface area (Å²) in [6, 6.07) is 0. The molecule has 1 saturated heterocycles. The van der Waals surface area contributed by atoms with Crippen LogP contribution < -0.4 is 0 Å². The topological polar surface area (TPSA) is 26.3 Å². The minimum atomic E-state index is 0.238. The van der Waals surface area contributed by atoms with E-state index in [1.54, 1.807) is 0 Å². The van der Waals surface area contributed by atoms with Gasteiger partial charge in [0.1, 0.15) is 0 Å². The number of hydrogen-bond acceptors (Lipinski definition) is 2. The number of rotatable bonds is 0. The molecule has 1 heterocycles. The lowest BCUT2D eigenvalue weighted by Crippen LogP contribution is -2.59. The lowest BCUT2D eigenvalue weighted by Gasteiger charge is -2.61. The normalized spacial score (nSPS) is 54.8. The highest BCUT2D eigenvalue weighted by Crippen LogP contribution is 2.70. The van der Waals surface area contributed by atoms with E-state index in [0.717, 1.165) is 37.2 Å². The Hall–Kier alpha value is -0.630. The Morgan fingerprint density at radius 3 is 2.52 bits per heavy atom. The molecule has 0 radical (unpaired) electrons. The third-order valence-corrected chi connectivity index (χ3v) is 9.14. The zero-order valence-electron chi connectivity index (χ0n) is 14.7. The van der Waals surface area contributed by atoms with Gasteiger partial charge in [-0.1, -0.05) is 19.4 Å². The Morgan fingerprint density at radius 2 is 1.78 bits per heavy atom. The minimum Gasteiger partial charge on any atom is -0.374 e. The van der Waals surface area contributed by atoms with Gasteiger partial charge in [0.05, 0.1) is 12.2 Å². The van der Waals surface area contributed by atoms with Crippen LogP contribution in [-0.4, -0.2) is 18.0 Å². The highest BCUT2D eigenvalue weighted by Gasteiger charge is 2.66. The summed E-state index contributed by atoms with van der Waals surface area (Å²) >= 11 is 0. The van der Waals surface area contributed by atoms with Gasteiger partial charge in [0.2, 0.25) is 0 Å². The number of carbonyl (C=O) groups excluding carboxylic acids is 1. The summed E-state index contributed by atoms with van der Waals surface area (Å²) in [5, 5.41) is 0. The van der Waals surface area contributed by atoms with Gasteiger partial charge in [-0.15, -0.1) is 0 Å². The standard InChI is InChI=1S/C21H30O2/c1-19-8-5-15(22)13-14(19)3-4-16-17(19)6-9-20(2)18(16)7-10-21(20)11-12-23-21/h13,16-18H,3-12H2,1-2H3/t16-,17-,18-,19+,20+,21-/m1/s1. The van der Waals surface area contributed by atoms with Gasteiger partial charge in [-0.2, -0.15) is 0 Å². The van der Waals surface area contributed by atoms with E-state index in [4.69, 9.17) is 4.74 Å². The van der Waals surface area contributed by atoms with E-state index >= 15 is 0 Å². The molecule has 0 amide bonds. The Morgan fingerprint density at radius 1 is 1.00 bits per heavy atom. The quantitative estimate of drug-likeness (QED) is 0.649. The van der Waals surface area contributed by atoms with Crippen molar-refractivity contribution in [3.8, 4) is 0 Å². The van der Waals surface area contributed by atoms with Crippen LogP contribution >= 0.6 is 0 Å². The molecular weight excluding hydrogens is 284 g/mol. The zero-order valence-corrected chi connectivity index (χ0v) is 14.7. The van der Waals surface area contributed by atoms with Crippen molar-refractivity contribution < 1.29 is 9.53 Å². The summed E-state index contributed by atoms with van der Waals surface area (Å²) in [4.78, 5) is 11.9. The Bertz CT molecular complexity index is 587. The second-order valence-corrected chi connectivity index (χ2v) is 9.56. The fraction of sp³-hybridized carbons (Fsp3) is 0.857. The molecule has 2 nitrogen and oxygen atoms in total. The zero-order chi connectivity index (χ0) is 15.9. The van der Waals surface area contributed by atoms with Gasteiger partial charge in [-0.05, 0) is 79.6 Å². The van der Waals surface area contributed by atoms with Crippen LogP contribution in [0.25, 0.3) is 0 Å². The molecule has 0 N–H and O–H groups in total. The van der Waals surface area contributed by atoms with Crippen molar-refractivity contribution >= 4 is 5.78 Å². The monoisotopic (exact) mass is 314 g/mol. The molecule has 0 aromatic heterocycles. The van der Waals surface area contributed by atoms with Crippen molar-refractivity contribution in [1.29, 1.82) is 0 Å². The first kappa shape index (κ1) is 14.7. The first-order valence-corrected chi connectivity index (χ1v) is 9.86. The van der Waals surface area contributed by atoms with Crippen LogP contribution in [0.15, 0.2) is 11.6 Å². The molecule has 126 valence electrons. The Labute approximate surface area is 140 Å². The molecule has 23 heavy (non-hydrogen) atoms. The molecule has 0 bridgehead atoms. The Kier molecular flexibility index (Phi) is 2.88. The lowest BCUT2D eigenvalue weighted by molar-refractivity contribution is -0.226. The van der Waals surface area contributed by atoms with E-state index in [9.17, 15) is 4.79 Å². The third kappa shape index (κ3) is 1.67. The molecule has 1 aliphatic heterocycles. The number of carbonyl (C=O) groups is 1. The smallest absolute Gasteiger partial charge is 0.155 e. The van der Waals surface area contributed by atoms with Gasteiger partial charge in [0.25, 0.3) is 0 Å². The second kappa shape index (κ2) is 4.50. The fourth-order valence-corrected chi connectivity index (χ4v) is 7.65. The van der Waals surface area contributed by atoms with E-state index in [2.05, 4.69) is 13.8 Å². The summed E-state index contributed by atoms with van der Waals surface area (Å²) in [7, 11) is 0. The molecule has 5 aliphatic rings. The number of hydrogen-bond donors (Lipinski definition) is 0. The highest BCUT2D eigenvalue weighted by atomic mass is 16.5. The summed E-state index contributed by atoms with van der Waals surface area (Å²) in [6.07, 6.45) is 13.1. The van der Waals surface area contributed by atoms with Gasteiger partial charge in [-0.3, -0.25) is 4.79 Å². The predicted octanol–water partition coefficient (Wildman–Crippen LogP) is 4.68. The van der Waals surface area contributed by atoms with E-state index < -0.39 is 0 Å². The van der Waals surface area contributed by atoms with E-state index in [0.29, 0.717) is 16.6 Å². The van der Waals surface area contributed by atoms with Gasteiger partial charge >= 0.3 is 0 Å². The van der Waals surface area contributed by atoms with Crippen LogP contribution in [0.3, 0.4) is 0 Å². The van der Waals surface area contributed by atoms with Crippen molar-refractivity contribution in [3.05, 3.63) is 11.6 Å².